The molecule has 0 radical (unpaired) electrons. The van der Waals surface area contributed by atoms with E-state index in [0.29, 0.717) is 23.1 Å². The van der Waals surface area contributed by atoms with Crippen LogP contribution in [0.15, 0.2) is 83.7 Å². The van der Waals surface area contributed by atoms with Gasteiger partial charge in [-0.2, -0.15) is 0 Å². The van der Waals surface area contributed by atoms with Crippen molar-refractivity contribution in [2.45, 2.75) is 32.5 Å². The van der Waals surface area contributed by atoms with Gasteiger partial charge in [-0.25, -0.2) is 4.98 Å². The fourth-order valence-electron chi connectivity index (χ4n) is 4.76. The zero-order chi connectivity index (χ0) is 23.7. The van der Waals surface area contributed by atoms with Gasteiger partial charge in [-0.05, 0) is 35.7 Å². The molecule has 3 aromatic carbocycles. The van der Waals surface area contributed by atoms with Crippen LogP contribution in [0.4, 0.5) is 0 Å². The standard InChI is InChI=1S/C28H25Cl2N3O/c1-19-31-26-14-15-32(17-20-12-13-24(29)25(30)16-20)18-23(26)28(34)33(19)27(21-8-4-2-5-9-21)22-10-6-3-7-11-22/h2-13,16,27H,14-15,17-18H2,1H3. The predicted molar refractivity (Wildman–Crippen MR) is 138 cm³/mol. The van der Waals surface area contributed by atoms with Crippen molar-refractivity contribution in [2.24, 2.45) is 0 Å². The molecular formula is C28H25Cl2N3O. The Morgan fingerprint density at radius 1 is 0.912 bits per heavy atom. The summed E-state index contributed by atoms with van der Waals surface area (Å²) in [5.74, 6) is 0.736. The summed E-state index contributed by atoms with van der Waals surface area (Å²) in [5.41, 5.74) is 4.90. The molecule has 4 aromatic rings. The molecule has 1 aliphatic heterocycles. The maximum absolute atomic E-state index is 14.0. The van der Waals surface area contributed by atoms with Crippen molar-refractivity contribution in [1.29, 1.82) is 0 Å². The Hall–Kier alpha value is -2.92. The fourth-order valence-corrected chi connectivity index (χ4v) is 5.08. The molecule has 0 atom stereocenters. The van der Waals surface area contributed by atoms with Crippen molar-refractivity contribution in [1.82, 2.24) is 14.5 Å². The Morgan fingerprint density at radius 3 is 2.18 bits per heavy atom. The van der Waals surface area contributed by atoms with Crippen molar-refractivity contribution in [3.8, 4) is 0 Å². The highest BCUT2D eigenvalue weighted by Gasteiger charge is 2.27. The van der Waals surface area contributed by atoms with Crippen LogP contribution < -0.4 is 5.56 Å². The van der Waals surface area contributed by atoms with Crippen molar-refractivity contribution in [3.05, 3.63) is 133 Å². The third kappa shape index (κ3) is 4.54. The molecular weight excluding hydrogens is 465 g/mol. The number of hydrogen-bond donors (Lipinski definition) is 0. The maximum atomic E-state index is 14.0. The second-order valence-electron chi connectivity index (χ2n) is 8.69. The van der Waals surface area contributed by atoms with E-state index in [-0.39, 0.29) is 11.6 Å². The summed E-state index contributed by atoms with van der Waals surface area (Å²) < 4.78 is 1.85. The van der Waals surface area contributed by atoms with E-state index < -0.39 is 0 Å². The van der Waals surface area contributed by atoms with Crippen molar-refractivity contribution in [3.63, 3.8) is 0 Å². The third-order valence-electron chi connectivity index (χ3n) is 6.40. The Bertz CT molecular complexity index is 1330. The van der Waals surface area contributed by atoms with Crippen LogP contribution >= 0.6 is 23.2 Å². The first kappa shape index (κ1) is 22.9. The zero-order valence-corrected chi connectivity index (χ0v) is 20.4. The summed E-state index contributed by atoms with van der Waals surface area (Å²) in [6, 6.07) is 25.8. The summed E-state index contributed by atoms with van der Waals surface area (Å²) in [4.78, 5) is 21.2. The molecule has 5 rings (SSSR count). The molecule has 0 amide bonds. The molecule has 0 bridgehead atoms. The Kier molecular flexibility index (Phi) is 6.55. The number of benzene rings is 3. The predicted octanol–water partition coefficient (Wildman–Crippen LogP) is 6.05. The molecule has 1 aliphatic rings. The van der Waals surface area contributed by atoms with Crippen molar-refractivity contribution in [2.75, 3.05) is 6.54 Å². The van der Waals surface area contributed by atoms with Gasteiger partial charge in [0.05, 0.1) is 27.3 Å². The average molecular weight is 490 g/mol. The van der Waals surface area contributed by atoms with Gasteiger partial charge in [0.2, 0.25) is 0 Å². The van der Waals surface area contributed by atoms with E-state index in [0.717, 1.165) is 46.7 Å². The third-order valence-corrected chi connectivity index (χ3v) is 7.14. The number of halogens is 2. The lowest BCUT2D eigenvalue weighted by atomic mass is 9.97. The number of aromatic nitrogens is 2. The Morgan fingerprint density at radius 2 is 1.56 bits per heavy atom. The molecule has 0 fully saturated rings. The van der Waals surface area contributed by atoms with Crippen LogP contribution in [0.25, 0.3) is 0 Å². The number of rotatable bonds is 5. The number of aryl methyl sites for hydroxylation is 1. The van der Waals surface area contributed by atoms with Crippen LogP contribution in [0.2, 0.25) is 10.0 Å². The molecule has 0 spiro atoms. The van der Waals surface area contributed by atoms with E-state index in [1.165, 1.54) is 0 Å². The lowest BCUT2D eigenvalue weighted by Crippen LogP contribution is -2.40. The summed E-state index contributed by atoms with van der Waals surface area (Å²) in [6.45, 7) is 4.02. The quantitative estimate of drug-likeness (QED) is 0.342. The summed E-state index contributed by atoms with van der Waals surface area (Å²) in [5, 5.41) is 1.09. The second-order valence-corrected chi connectivity index (χ2v) is 9.51. The molecule has 0 saturated heterocycles. The van der Waals surface area contributed by atoms with Gasteiger partial charge < -0.3 is 0 Å². The maximum Gasteiger partial charge on any atom is 0.259 e. The van der Waals surface area contributed by atoms with Gasteiger partial charge in [0.1, 0.15) is 5.82 Å². The van der Waals surface area contributed by atoms with Gasteiger partial charge >= 0.3 is 0 Å². The lowest BCUT2D eigenvalue weighted by Gasteiger charge is -2.30. The molecule has 4 nitrogen and oxygen atoms in total. The number of fused-ring (bicyclic) bond motifs is 1. The monoisotopic (exact) mass is 489 g/mol. The molecule has 2 heterocycles. The van der Waals surface area contributed by atoms with Crippen molar-refractivity contribution >= 4 is 23.2 Å². The molecule has 0 aliphatic carbocycles. The zero-order valence-electron chi connectivity index (χ0n) is 18.9. The first-order valence-corrected chi connectivity index (χ1v) is 12.1. The van der Waals surface area contributed by atoms with Gasteiger partial charge in [0.15, 0.2) is 0 Å². The molecule has 0 saturated carbocycles. The molecule has 172 valence electrons. The first-order valence-electron chi connectivity index (χ1n) is 11.4. The van der Waals surface area contributed by atoms with Gasteiger partial charge in [-0.15, -0.1) is 0 Å². The minimum atomic E-state index is -0.238. The smallest absolute Gasteiger partial charge is 0.259 e. The SMILES string of the molecule is Cc1nc2c(c(=O)n1C(c1ccccc1)c1ccccc1)CN(Cc1ccc(Cl)c(Cl)c1)CC2. The summed E-state index contributed by atoms with van der Waals surface area (Å²) in [7, 11) is 0. The highest BCUT2D eigenvalue weighted by molar-refractivity contribution is 6.42. The van der Waals surface area contributed by atoms with Crippen LogP contribution in [-0.4, -0.2) is 21.0 Å². The van der Waals surface area contributed by atoms with E-state index in [1.54, 1.807) is 0 Å². The van der Waals surface area contributed by atoms with Gasteiger partial charge in [-0.1, -0.05) is 89.9 Å². The highest BCUT2D eigenvalue weighted by Crippen LogP contribution is 2.28. The first-order chi connectivity index (χ1) is 16.5. The molecule has 0 N–H and O–H groups in total. The van der Waals surface area contributed by atoms with Crippen LogP contribution in [-0.2, 0) is 19.5 Å². The summed E-state index contributed by atoms with van der Waals surface area (Å²) in [6.07, 6.45) is 0.745. The van der Waals surface area contributed by atoms with Gasteiger partial charge in [0.25, 0.3) is 5.56 Å². The van der Waals surface area contributed by atoms with Gasteiger partial charge in [0, 0.05) is 26.1 Å². The minimum Gasteiger partial charge on any atom is -0.294 e. The molecule has 0 unspecified atom stereocenters. The number of hydrogen-bond acceptors (Lipinski definition) is 3. The topological polar surface area (TPSA) is 38.1 Å². The fraction of sp³-hybridized carbons (Fsp3) is 0.214. The summed E-state index contributed by atoms with van der Waals surface area (Å²) >= 11 is 12.3. The minimum absolute atomic E-state index is 0.0269. The lowest BCUT2D eigenvalue weighted by molar-refractivity contribution is 0.240. The normalized spacial score (nSPS) is 13.8. The van der Waals surface area contributed by atoms with Crippen LogP contribution in [0.5, 0.6) is 0 Å². The van der Waals surface area contributed by atoms with Crippen LogP contribution in [0.1, 0.15) is 39.8 Å². The molecule has 34 heavy (non-hydrogen) atoms. The van der Waals surface area contributed by atoms with Gasteiger partial charge in [-0.3, -0.25) is 14.3 Å². The van der Waals surface area contributed by atoms with Crippen molar-refractivity contribution < 1.29 is 0 Å². The van der Waals surface area contributed by atoms with Crippen LogP contribution in [0.3, 0.4) is 0 Å². The largest absolute Gasteiger partial charge is 0.294 e. The second kappa shape index (κ2) is 9.75. The van der Waals surface area contributed by atoms with E-state index in [2.05, 4.69) is 29.2 Å². The average Bonchev–Trinajstić information content (AvgIpc) is 2.85. The Labute approximate surface area is 209 Å². The van der Waals surface area contributed by atoms with E-state index in [9.17, 15) is 4.79 Å². The van der Waals surface area contributed by atoms with Crippen LogP contribution in [0, 0.1) is 6.92 Å². The van der Waals surface area contributed by atoms with E-state index >= 15 is 0 Å². The highest BCUT2D eigenvalue weighted by atomic mass is 35.5. The Balaban J connectivity index is 1.54. The number of nitrogens with zero attached hydrogens (tertiary/aromatic N) is 3. The van der Waals surface area contributed by atoms with E-state index in [1.807, 2.05) is 66.1 Å². The molecule has 6 heteroatoms. The van der Waals surface area contributed by atoms with E-state index in [4.69, 9.17) is 28.2 Å². The molecule has 1 aromatic heterocycles.